The van der Waals surface area contributed by atoms with E-state index in [1.54, 1.807) is 13.8 Å². The summed E-state index contributed by atoms with van der Waals surface area (Å²) in [6, 6.07) is 0. The van der Waals surface area contributed by atoms with Gasteiger partial charge in [-0.15, -0.1) is 46.1 Å². The first-order chi connectivity index (χ1) is 29.1. The van der Waals surface area contributed by atoms with Gasteiger partial charge >= 0.3 is 62.4 Å². The Labute approximate surface area is 429 Å². The molecule has 0 rings (SSSR count). The molecule has 0 bridgehead atoms. The molecular formula is C40H100O24S6. The minimum absolute atomic E-state index is 0. The molecule has 0 heterocycles. The van der Waals surface area contributed by atoms with Gasteiger partial charge in [0, 0.05) is 0 Å². The van der Waals surface area contributed by atoms with Crippen LogP contribution < -0.4 is 0 Å². The van der Waals surface area contributed by atoms with Gasteiger partial charge in [0.2, 0.25) is 0 Å². The topological polar surface area (TPSA) is 371 Å². The molecule has 0 aliphatic carbocycles. The lowest BCUT2D eigenvalue weighted by Crippen LogP contribution is -2.15. The standard InChI is InChI=1S/2C8H18O4S.C6H14O4S.C4H8.2C2H6O4S.3C2H4.4CH4.H2O4S/c2*1-5-11-13(9,10)12-7-6-8(2,3)4;1-6(2,3)4-5-10-11(7,8)9;1-4(2)3;2*1-2-6-7(3,4)5;3*1-2;;;;;1-5(2,3)4/h2*5-7H2,1-4H3;4-5H2,1-3H3,(H,7,8,9);1H2,2-3H3;2*2H2,1H3,(H,3,4,5);3*1-2H2;4*1H4;(H2,1,2,3,4). The molecule has 0 saturated heterocycles. The van der Waals surface area contributed by atoms with E-state index in [4.69, 9.17) is 31.2 Å². The quantitative estimate of drug-likeness (QED) is 0.0667. The third-order valence-corrected chi connectivity index (χ3v) is 7.79. The first kappa shape index (κ1) is 105. The van der Waals surface area contributed by atoms with Crippen molar-refractivity contribution in [1.29, 1.82) is 0 Å². The molecule has 0 amide bonds. The van der Waals surface area contributed by atoms with Crippen LogP contribution >= 0.6 is 0 Å². The molecule has 0 unspecified atom stereocenters. The fourth-order valence-corrected chi connectivity index (χ4v) is 4.19. The highest BCUT2D eigenvalue weighted by Gasteiger charge is 2.16. The molecule has 70 heavy (non-hydrogen) atoms. The third kappa shape index (κ3) is 193. The van der Waals surface area contributed by atoms with Crippen molar-refractivity contribution in [2.24, 2.45) is 16.2 Å². The Morgan fingerprint density at radius 3 is 0.614 bits per heavy atom. The van der Waals surface area contributed by atoms with Gasteiger partial charge in [-0.1, -0.05) is 97.6 Å². The number of rotatable bonds is 17. The molecule has 0 fully saturated rings. The van der Waals surface area contributed by atoms with E-state index in [-0.39, 0.29) is 92.2 Å². The molecule has 0 aliphatic heterocycles. The molecule has 0 saturated carbocycles. The molecule has 0 radical (unpaired) electrons. The van der Waals surface area contributed by atoms with Gasteiger partial charge < -0.3 is 0 Å². The van der Waals surface area contributed by atoms with Gasteiger partial charge in [-0.25, -0.2) is 29.3 Å². The zero-order valence-corrected chi connectivity index (χ0v) is 46.4. The van der Waals surface area contributed by atoms with Crippen LogP contribution in [0.1, 0.15) is 153 Å². The van der Waals surface area contributed by atoms with E-state index in [2.05, 4.69) is 75.3 Å². The summed E-state index contributed by atoms with van der Waals surface area (Å²) in [6.07, 6.45) is 1.95. The Hall–Kier alpha value is -1.82. The molecule has 0 atom stereocenters. The third-order valence-electron chi connectivity index (χ3n) is 4.30. The van der Waals surface area contributed by atoms with Gasteiger partial charge in [-0.3, -0.25) is 22.8 Å². The average Bonchev–Trinajstić information content (AvgIpc) is 3.04. The first-order valence-corrected chi connectivity index (χ1v) is 27.0. The smallest absolute Gasteiger partial charge is 0.264 e. The number of hydrogen-bond donors (Lipinski definition) is 5. The van der Waals surface area contributed by atoms with Crippen LogP contribution in [0.3, 0.4) is 0 Å². The van der Waals surface area contributed by atoms with Crippen LogP contribution in [0.4, 0.5) is 0 Å². The van der Waals surface area contributed by atoms with E-state index < -0.39 is 62.4 Å². The summed E-state index contributed by atoms with van der Waals surface area (Å²) < 4.78 is 187. The number of allylic oxidation sites excluding steroid dienone is 1. The maximum absolute atomic E-state index is 10.9. The van der Waals surface area contributed by atoms with E-state index in [1.165, 1.54) is 19.4 Å². The Balaban J connectivity index is -0.0000000435. The van der Waals surface area contributed by atoms with Crippen LogP contribution in [-0.2, 0) is 91.7 Å². The SMILES string of the molecule is C.C.C.C.C=C.C=C.C=C.C=C(C)C.CC(C)(C)CCOS(=O)(=O)O.CCOS(=O)(=O)O.CCOS(=O)(=O)O.CCOS(=O)(=O)OCCC(C)(C)C.CCOS(=O)(=O)OCCC(C)(C)C.O=S(=O)(O)O. The van der Waals surface area contributed by atoms with Gasteiger partial charge in [-0.05, 0) is 77.0 Å². The predicted octanol–water partition coefficient (Wildman–Crippen LogP) is 10.2. The zero-order valence-electron chi connectivity index (χ0n) is 41.5. The fraction of sp³-hybridized carbons (Fsp3) is 0.800. The van der Waals surface area contributed by atoms with Crippen molar-refractivity contribution >= 4 is 62.4 Å². The second-order valence-corrected chi connectivity index (χ2v) is 21.5. The summed E-state index contributed by atoms with van der Waals surface area (Å²) in [6.45, 7) is 50.2. The second-order valence-electron chi connectivity index (χ2n) is 14.8. The van der Waals surface area contributed by atoms with E-state index in [1.807, 2.05) is 76.2 Å². The minimum atomic E-state index is -4.67. The van der Waals surface area contributed by atoms with Gasteiger partial charge in [-0.2, -0.15) is 50.5 Å². The Kier molecular flexibility index (Phi) is 84.6. The van der Waals surface area contributed by atoms with Gasteiger partial charge in [0.05, 0.1) is 46.2 Å². The van der Waals surface area contributed by atoms with Crippen molar-refractivity contribution in [2.75, 3.05) is 46.2 Å². The summed E-state index contributed by atoms with van der Waals surface area (Å²) >= 11 is 0. The van der Waals surface area contributed by atoms with E-state index in [0.29, 0.717) is 19.3 Å². The number of hydrogen-bond acceptors (Lipinski definition) is 19. The maximum Gasteiger partial charge on any atom is 0.399 e. The summed E-state index contributed by atoms with van der Waals surface area (Å²) in [4.78, 5) is 0. The molecule has 0 aromatic heterocycles. The van der Waals surface area contributed by atoms with Gasteiger partial charge in [0.25, 0.3) is 0 Å². The van der Waals surface area contributed by atoms with Crippen LogP contribution in [0.2, 0.25) is 0 Å². The average molecular weight is 1160 g/mol. The molecule has 0 aromatic carbocycles. The van der Waals surface area contributed by atoms with Crippen LogP contribution in [0.15, 0.2) is 51.6 Å². The summed E-state index contributed by atoms with van der Waals surface area (Å²) in [5.74, 6) is 0. The molecule has 24 nitrogen and oxygen atoms in total. The van der Waals surface area contributed by atoms with Crippen LogP contribution in [0.25, 0.3) is 0 Å². The van der Waals surface area contributed by atoms with Crippen molar-refractivity contribution in [1.82, 2.24) is 0 Å². The van der Waals surface area contributed by atoms with Crippen molar-refractivity contribution in [3.8, 4) is 0 Å². The molecular weight excluding hydrogens is 1060 g/mol. The van der Waals surface area contributed by atoms with Crippen LogP contribution in [0.5, 0.6) is 0 Å². The van der Waals surface area contributed by atoms with E-state index in [9.17, 15) is 42.1 Å². The lowest BCUT2D eigenvalue weighted by molar-refractivity contribution is 0.194. The van der Waals surface area contributed by atoms with Crippen molar-refractivity contribution in [2.45, 2.75) is 153 Å². The summed E-state index contributed by atoms with van der Waals surface area (Å²) in [7, 11) is -24.8. The summed E-state index contributed by atoms with van der Waals surface area (Å²) in [5.41, 5.74) is 1.33. The molecule has 0 spiro atoms. The van der Waals surface area contributed by atoms with Gasteiger partial charge in [0.15, 0.2) is 0 Å². The largest absolute Gasteiger partial charge is 0.399 e. The highest BCUT2D eigenvalue weighted by Crippen LogP contribution is 2.20. The molecule has 440 valence electrons. The first-order valence-electron chi connectivity index (χ1n) is 18.8. The monoisotopic (exact) mass is 1160 g/mol. The Bertz CT molecular complexity index is 1690. The van der Waals surface area contributed by atoms with Crippen LogP contribution in [-0.4, -0.2) is 120 Å². The van der Waals surface area contributed by atoms with Crippen LogP contribution in [0, 0.1) is 16.2 Å². The normalized spacial score (nSPS) is 10.7. The Morgan fingerprint density at radius 1 is 0.371 bits per heavy atom. The maximum atomic E-state index is 10.9. The van der Waals surface area contributed by atoms with Gasteiger partial charge in [0.1, 0.15) is 0 Å². The van der Waals surface area contributed by atoms with Crippen molar-refractivity contribution < 1.29 is 103 Å². The molecule has 0 aliphatic rings. The minimum Gasteiger partial charge on any atom is -0.264 e. The fourth-order valence-electron chi connectivity index (χ4n) is 2.01. The highest BCUT2D eigenvalue weighted by atomic mass is 32.3. The Morgan fingerprint density at radius 2 is 0.514 bits per heavy atom. The summed E-state index contributed by atoms with van der Waals surface area (Å²) in [5, 5.41) is 0. The predicted molar refractivity (Wildman–Crippen MR) is 284 cm³/mol. The second kappa shape index (κ2) is 56.5. The van der Waals surface area contributed by atoms with Crippen molar-refractivity contribution in [3.05, 3.63) is 51.6 Å². The highest BCUT2D eigenvalue weighted by molar-refractivity contribution is 7.82. The van der Waals surface area contributed by atoms with Crippen molar-refractivity contribution in [3.63, 3.8) is 0 Å². The zero-order chi connectivity index (χ0) is 56.1. The lowest BCUT2D eigenvalue weighted by atomic mass is 9.93. The van der Waals surface area contributed by atoms with E-state index >= 15 is 0 Å². The molecule has 5 N–H and O–H groups in total. The molecule has 30 heteroatoms. The van der Waals surface area contributed by atoms with E-state index in [0.717, 1.165) is 0 Å². The lowest BCUT2D eigenvalue weighted by Gasteiger charge is -2.17. The molecule has 0 aromatic rings.